The summed E-state index contributed by atoms with van der Waals surface area (Å²) < 4.78 is 5.38. The molecule has 1 unspecified atom stereocenters. The Morgan fingerprint density at radius 2 is 2.47 bits per heavy atom. The van der Waals surface area contributed by atoms with Gasteiger partial charge in [0.2, 0.25) is 0 Å². The van der Waals surface area contributed by atoms with Crippen LogP contribution >= 0.6 is 0 Å². The lowest BCUT2D eigenvalue weighted by Gasteiger charge is -2.37. The van der Waals surface area contributed by atoms with E-state index in [1.54, 1.807) is 6.26 Å². The van der Waals surface area contributed by atoms with Crippen LogP contribution in [0.15, 0.2) is 22.8 Å². The summed E-state index contributed by atoms with van der Waals surface area (Å²) in [7, 11) is 2.09. The second kappa shape index (κ2) is 6.19. The first-order chi connectivity index (χ1) is 8.29. The van der Waals surface area contributed by atoms with Gasteiger partial charge in [-0.25, -0.2) is 0 Å². The van der Waals surface area contributed by atoms with Crippen molar-refractivity contribution in [1.82, 2.24) is 9.80 Å². The molecule has 4 heteroatoms. The van der Waals surface area contributed by atoms with Gasteiger partial charge in [-0.15, -0.1) is 0 Å². The summed E-state index contributed by atoms with van der Waals surface area (Å²) in [6.07, 6.45) is 4.18. The number of rotatable bonds is 5. The smallest absolute Gasteiger partial charge is 0.117 e. The molecular weight excluding hydrogens is 216 g/mol. The maximum Gasteiger partial charge on any atom is 0.117 e. The molecule has 4 nitrogen and oxygen atoms in total. The van der Waals surface area contributed by atoms with Crippen LogP contribution in [0.25, 0.3) is 0 Å². The molecular formula is C13H22N2O2. The van der Waals surface area contributed by atoms with Crippen LogP contribution in [0.4, 0.5) is 0 Å². The summed E-state index contributed by atoms with van der Waals surface area (Å²) in [4.78, 5) is 4.69. The summed E-state index contributed by atoms with van der Waals surface area (Å²) in [5.41, 5.74) is 0. The Kier molecular flexibility index (Phi) is 4.59. The van der Waals surface area contributed by atoms with E-state index < -0.39 is 0 Å². The van der Waals surface area contributed by atoms with Gasteiger partial charge in [-0.05, 0) is 38.6 Å². The molecule has 1 aromatic rings. The number of piperidine rings is 1. The van der Waals surface area contributed by atoms with E-state index in [0.29, 0.717) is 6.04 Å². The summed E-state index contributed by atoms with van der Waals surface area (Å²) in [6, 6.07) is 4.53. The molecule has 2 rings (SSSR count). The van der Waals surface area contributed by atoms with Crippen molar-refractivity contribution in [2.45, 2.75) is 25.4 Å². The van der Waals surface area contributed by atoms with E-state index in [0.717, 1.165) is 31.9 Å². The minimum Gasteiger partial charge on any atom is -0.468 e. The highest BCUT2D eigenvalue weighted by Crippen LogP contribution is 2.17. The second-order valence-corrected chi connectivity index (χ2v) is 4.81. The fourth-order valence-electron chi connectivity index (χ4n) is 2.50. The summed E-state index contributed by atoms with van der Waals surface area (Å²) in [6.45, 7) is 4.11. The Balaban J connectivity index is 1.84. The van der Waals surface area contributed by atoms with E-state index in [4.69, 9.17) is 9.52 Å². The third-order valence-corrected chi connectivity index (χ3v) is 3.52. The van der Waals surface area contributed by atoms with Gasteiger partial charge in [0.15, 0.2) is 0 Å². The van der Waals surface area contributed by atoms with Gasteiger partial charge in [-0.3, -0.25) is 9.80 Å². The molecule has 96 valence electrons. The predicted octanol–water partition coefficient (Wildman–Crippen LogP) is 1.17. The lowest BCUT2D eigenvalue weighted by Crippen LogP contribution is -2.46. The lowest BCUT2D eigenvalue weighted by atomic mass is 10.0. The van der Waals surface area contributed by atoms with Crippen molar-refractivity contribution in [3.63, 3.8) is 0 Å². The SMILES string of the molecule is CN(CCO)C1CCCN(Cc2ccco2)C1. The first-order valence-electron chi connectivity index (χ1n) is 6.35. The van der Waals surface area contributed by atoms with E-state index in [-0.39, 0.29) is 6.61 Å². The maximum atomic E-state index is 8.97. The molecule has 1 aliphatic heterocycles. The number of hydrogen-bond acceptors (Lipinski definition) is 4. The molecule has 0 spiro atoms. The molecule has 0 saturated carbocycles. The zero-order chi connectivity index (χ0) is 12.1. The van der Waals surface area contributed by atoms with Gasteiger partial charge in [0.1, 0.15) is 5.76 Å². The fourth-order valence-corrected chi connectivity index (χ4v) is 2.50. The van der Waals surface area contributed by atoms with E-state index in [2.05, 4.69) is 16.8 Å². The van der Waals surface area contributed by atoms with Crippen molar-refractivity contribution in [3.8, 4) is 0 Å². The van der Waals surface area contributed by atoms with Crippen LogP contribution in [-0.4, -0.2) is 54.2 Å². The van der Waals surface area contributed by atoms with Crippen LogP contribution in [0.2, 0.25) is 0 Å². The minimum atomic E-state index is 0.241. The number of furan rings is 1. The van der Waals surface area contributed by atoms with Gasteiger partial charge in [-0.2, -0.15) is 0 Å². The van der Waals surface area contributed by atoms with Crippen LogP contribution in [-0.2, 0) is 6.54 Å². The third kappa shape index (κ3) is 3.56. The van der Waals surface area contributed by atoms with Crippen molar-refractivity contribution >= 4 is 0 Å². The van der Waals surface area contributed by atoms with E-state index in [9.17, 15) is 0 Å². The molecule has 1 aromatic heterocycles. The molecule has 1 aliphatic rings. The Bertz CT molecular complexity index is 313. The third-order valence-electron chi connectivity index (χ3n) is 3.52. The van der Waals surface area contributed by atoms with Crippen molar-refractivity contribution in [1.29, 1.82) is 0 Å². The molecule has 0 amide bonds. The van der Waals surface area contributed by atoms with Crippen LogP contribution < -0.4 is 0 Å². The van der Waals surface area contributed by atoms with E-state index >= 15 is 0 Å². The van der Waals surface area contributed by atoms with Crippen LogP contribution in [0.5, 0.6) is 0 Å². The second-order valence-electron chi connectivity index (χ2n) is 4.81. The van der Waals surface area contributed by atoms with E-state index in [1.807, 2.05) is 12.1 Å². The molecule has 1 atom stereocenters. The Morgan fingerprint density at radius 1 is 1.59 bits per heavy atom. The largest absolute Gasteiger partial charge is 0.468 e. The lowest BCUT2D eigenvalue weighted by molar-refractivity contribution is 0.0930. The zero-order valence-corrected chi connectivity index (χ0v) is 10.5. The zero-order valence-electron chi connectivity index (χ0n) is 10.5. The first-order valence-corrected chi connectivity index (χ1v) is 6.35. The number of likely N-dealkylation sites (N-methyl/N-ethyl adjacent to an activating group) is 1. The summed E-state index contributed by atoms with van der Waals surface area (Å²) >= 11 is 0. The first kappa shape index (κ1) is 12.6. The van der Waals surface area contributed by atoms with Crippen molar-refractivity contribution < 1.29 is 9.52 Å². The molecule has 0 bridgehead atoms. The van der Waals surface area contributed by atoms with Crippen LogP contribution in [0, 0.1) is 0 Å². The minimum absolute atomic E-state index is 0.241. The Morgan fingerprint density at radius 3 is 3.18 bits per heavy atom. The molecule has 0 aliphatic carbocycles. The number of aliphatic hydroxyl groups excluding tert-OH is 1. The summed E-state index contributed by atoms with van der Waals surface area (Å²) in [5.74, 6) is 1.04. The highest BCUT2D eigenvalue weighted by atomic mass is 16.3. The number of aliphatic hydroxyl groups is 1. The van der Waals surface area contributed by atoms with Crippen molar-refractivity contribution in [3.05, 3.63) is 24.2 Å². The maximum absolute atomic E-state index is 8.97. The average molecular weight is 238 g/mol. The van der Waals surface area contributed by atoms with Crippen LogP contribution in [0.1, 0.15) is 18.6 Å². The highest BCUT2D eigenvalue weighted by molar-refractivity contribution is 4.98. The fraction of sp³-hybridized carbons (Fsp3) is 0.692. The van der Waals surface area contributed by atoms with Gasteiger partial charge in [0.25, 0.3) is 0 Å². The van der Waals surface area contributed by atoms with Gasteiger partial charge in [0.05, 0.1) is 19.4 Å². The van der Waals surface area contributed by atoms with Gasteiger partial charge >= 0.3 is 0 Å². The quantitative estimate of drug-likeness (QED) is 0.836. The molecule has 2 heterocycles. The number of nitrogens with zero attached hydrogens (tertiary/aromatic N) is 2. The highest BCUT2D eigenvalue weighted by Gasteiger charge is 2.23. The number of hydrogen-bond donors (Lipinski definition) is 1. The summed E-state index contributed by atoms with van der Waals surface area (Å²) in [5, 5.41) is 8.97. The van der Waals surface area contributed by atoms with Crippen molar-refractivity contribution in [2.24, 2.45) is 0 Å². The standard InChI is InChI=1S/C13H22N2O2/c1-14(7-8-16)12-4-2-6-15(10-12)11-13-5-3-9-17-13/h3,5,9,12,16H,2,4,6-8,10-11H2,1H3. The molecule has 0 radical (unpaired) electrons. The van der Waals surface area contributed by atoms with Gasteiger partial charge in [0, 0.05) is 19.1 Å². The monoisotopic (exact) mass is 238 g/mol. The van der Waals surface area contributed by atoms with Gasteiger partial charge in [-0.1, -0.05) is 0 Å². The predicted molar refractivity (Wildman–Crippen MR) is 66.7 cm³/mol. The van der Waals surface area contributed by atoms with Gasteiger partial charge < -0.3 is 9.52 Å². The molecule has 17 heavy (non-hydrogen) atoms. The molecule has 1 fully saturated rings. The Hall–Kier alpha value is -0.840. The molecule has 1 N–H and O–H groups in total. The topological polar surface area (TPSA) is 39.9 Å². The normalized spacial score (nSPS) is 22.2. The molecule has 0 aromatic carbocycles. The van der Waals surface area contributed by atoms with Crippen molar-refractivity contribution in [2.75, 3.05) is 33.3 Å². The molecule has 1 saturated heterocycles. The Labute approximate surface area is 103 Å². The van der Waals surface area contributed by atoms with Crippen LogP contribution in [0.3, 0.4) is 0 Å². The van der Waals surface area contributed by atoms with E-state index in [1.165, 1.54) is 12.8 Å². The number of likely N-dealkylation sites (tertiary alicyclic amines) is 1. The average Bonchev–Trinajstić information content (AvgIpc) is 2.82.